The van der Waals surface area contributed by atoms with Crippen LogP contribution < -0.4 is 5.32 Å². The van der Waals surface area contributed by atoms with E-state index >= 15 is 0 Å². The summed E-state index contributed by atoms with van der Waals surface area (Å²) in [5, 5.41) is 3.76. The highest BCUT2D eigenvalue weighted by molar-refractivity contribution is 5.83. The average molecular weight is 356 g/mol. The highest BCUT2D eigenvalue weighted by Crippen LogP contribution is 2.28. The van der Waals surface area contributed by atoms with E-state index in [9.17, 15) is 18.0 Å². The number of rotatable bonds is 3. The van der Waals surface area contributed by atoms with Crippen LogP contribution in [0.25, 0.3) is 10.9 Å². The summed E-state index contributed by atoms with van der Waals surface area (Å²) < 4.78 is 37.4. The van der Waals surface area contributed by atoms with Crippen molar-refractivity contribution in [3.63, 3.8) is 0 Å². The molecule has 0 radical (unpaired) electrons. The fourth-order valence-electron chi connectivity index (χ4n) is 2.48. The van der Waals surface area contributed by atoms with Gasteiger partial charge < -0.3 is 10.3 Å². The van der Waals surface area contributed by atoms with Crippen molar-refractivity contribution in [2.75, 3.05) is 6.54 Å². The molecule has 0 saturated carbocycles. The maximum atomic E-state index is 12.5. The number of amides is 1. The Labute approximate surface area is 148 Å². The minimum absolute atomic E-state index is 0.130. The SMILES string of the molecule is O=C(Cc1ccc2cc[nH]c2c1)NCC#Cc1ccc(C(F)(F)F)cc1. The molecular formula is C20H15F3N2O. The van der Waals surface area contributed by atoms with Gasteiger partial charge in [0.2, 0.25) is 5.91 Å². The molecule has 0 aliphatic heterocycles. The van der Waals surface area contributed by atoms with Crippen molar-refractivity contribution in [3.05, 3.63) is 71.4 Å². The van der Waals surface area contributed by atoms with Gasteiger partial charge in [0.05, 0.1) is 18.5 Å². The molecule has 2 N–H and O–H groups in total. The van der Waals surface area contributed by atoms with E-state index in [1.807, 2.05) is 30.5 Å². The number of hydrogen-bond acceptors (Lipinski definition) is 1. The molecule has 0 spiro atoms. The zero-order valence-corrected chi connectivity index (χ0v) is 13.7. The van der Waals surface area contributed by atoms with Crippen molar-refractivity contribution in [2.45, 2.75) is 12.6 Å². The summed E-state index contributed by atoms with van der Waals surface area (Å²) in [6, 6.07) is 12.3. The van der Waals surface area contributed by atoms with Gasteiger partial charge in [-0.3, -0.25) is 4.79 Å². The minimum atomic E-state index is -4.36. The van der Waals surface area contributed by atoms with Crippen molar-refractivity contribution in [1.82, 2.24) is 10.3 Å². The average Bonchev–Trinajstić information content (AvgIpc) is 3.06. The molecule has 0 aliphatic rings. The number of nitrogens with one attached hydrogen (secondary N) is 2. The number of carbonyl (C=O) groups excluding carboxylic acids is 1. The van der Waals surface area contributed by atoms with E-state index in [-0.39, 0.29) is 18.9 Å². The molecule has 3 aromatic rings. The number of H-pyrrole nitrogens is 1. The molecule has 132 valence electrons. The largest absolute Gasteiger partial charge is 0.416 e. The summed E-state index contributed by atoms with van der Waals surface area (Å²) in [4.78, 5) is 15.0. The second kappa shape index (κ2) is 7.36. The van der Waals surface area contributed by atoms with Gasteiger partial charge in [0.25, 0.3) is 0 Å². The quantitative estimate of drug-likeness (QED) is 0.687. The number of aromatic nitrogens is 1. The van der Waals surface area contributed by atoms with Gasteiger partial charge in [0, 0.05) is 17.3 Å². The summed E-state index contributed by atoms with van der Waals surface area (Å²) in [7, 11) is 0. The first-order valence-electron chi connectivity index (χ1n) is 7.91. The number of carbonyl (C=O) groups is 1. The lowest BCUT2D eigenvalue weighted by atomic mass is 10.1. The molecule has 3 nitrogen and oxygen atoms in total. The molecule has 0 saturated heterocycles. The van der Waals surface area contributed by atoms with E-state index in [1.165, 1.54) is 12.1 Å². The van der Waals surface area contributed by atoms with Gasteiger partial charge in [0.15, 0.2) is 0 Å². The first kappa shape index (κ1) is 17.6. The van der Waals surface area contributed by atoms with E-state index in [0.29, 0.717) is 5.56 Å². The van der Waals surface area contributed by atoms with Gasteiger partial charge in [0.1, 0.15) is 0 Å². The van der Waals surface area contributed by atoms with E-state index < -0.39 is 11.7 Å². The smallest absolute Gasteiger partial charge is 0.361 e. The van der Waals surface area contributed by atoms with Crippen LogP contribution >= 0.6 is 0 Å². The Morgan fingerprint density at radius 1 is 1.08 bits per heavy atom. The highest BCUT2D eigenvalue weighted by Gasteiger charge is 2.29. The first-order valence-corrected chi connectivity index (χ1v) is 7.91. The van der Waals surface area contributed by atoms with Crippen LogP contribution in [0, 0.1) is 11.8 Å². The summed E-state index contributed by atoms with van der Waals surface area (Å²) in [6.45, 7) is 0.130. The van der Waals surface area contributed by atoms with Gasteiger partial charge in [-0.05, 0) is 47.3 Å². The molecular weight excluding hydrogens is 341 g/mol. The van der Waals surface area contributed by atoms with Gasteiger partial charge in [-0.2, -0.15) is 13.2 Å². The molecule has 0 aliphatic carbocycles. The lowest BCUT2D eigenvalue weighted by Gasteiger charge is -2.05. The number of halogens is 3. The molecule has 0 fully saturated rings. The topological polar surface area (TPSA) is 44.9 Å². The van der Waals surface area contributed by atoms with E-state index in [1.54, 1.807) is 0 Å². The summed E-state index contributed by atoms with van der Waals surface area (Å²) >= 11 is 0. The predicted molar refractivity (Wildman–Crippen MR) is 93.3 cm³/mol. The monoisotopic (exact) mass is 356 g/mol. The van der Waals surface area contributed by atoms with Crippen LogP contribution in [0.4, 0.5) is 13.2 Å². The maximum Gasteiger partial charge on any atom is 0.416 e. The molecule has 0 atom stereocenters. The predicted octanol–water partition coefficient (Wildman–Crippen LogP) is 3.90. The molecule has 1 amide bonds. The summed E-state index contributed by atoms with van der Waals surface area (Å²) in [5.41, 5.74) is 1.60. The lowest BCUT2D eigenvalue weighted by Crippen LogP contribution is -2.25. The Bertz CT molecular complexity index is 976. The molecule has 0 bridgehead atoms. The second-order valence-electron chi connectivity index (χ2n) is 5.73. The Morgan fingerprint density at radius 2 is 1.85 bits per heavy atom. The van der Waals surface area contributed by atoms with Crippen LogP contribution in [0.2, 0.25) is 0 Å². The number of alkyl halides is 3. The Morgan fingerprint density at radius 3 is 2.58 bits per heavy atom. The highest BCUT2D eigenvalue weighted by atomic mass is 19.4. The van der Waals surface area contributed by atoms with Crippen molar-refractivity contribution >= 4 is 16.8 Å². The lowest BCUT2D eigenvalue weighted by molar-refractivity contribution is -0.137. The van der Waals surface area contributed by atoms with E-state index in [4.69, 9.17) is 0 Å². The van der Waals surface area contributed by atoms with Crippen LogP contribution in [0.5, 0.6) is 0 Å². The molecule has 6 heteroatoms. The third-order valence-corrected chi connectivity index (χ3v) is 3.80. The normalized spacial score (nSPS) is 11.0. The van der Waals surface area contributed by atoms with Crippen molar-refractivity contribution in [2.24, 2.45) is 0 Å². The third kappa shape index (κ3) is 4.45. The Hall–Kier alpha value is -3.20. The van der Waals surface area contributed by atoms with Crippen molar-refractivity contribution in [3.8, 4) is 11.8 Å². The Balaban J connectivity index is 1.51. The minimum Gasteiger partial charge on any atom is -0.361 e. The van der Waals surface area contributed by atoms with E-state index in [2.05, 4.69) is 22.1 Å². The van der Waals surface area contributed by atoms with Crippen LogP contribution in [0.3, 0.4) is 0 Å². The van der Waals surface area contributed by atoms with Crippen LogP contribution in [0.15, 0.2) is 54.7 Å². The summed E-state index contributed by atoms with van der Waals surface area (Å²) in [5.74, 6) is 5.29. The van der Waals surface area contributed by atoms with Crippen molar-refractivity contribution < 1.29 is 18.0 Å². The fourth-order valence-corrected chi connectivity index (χ4v) is 2.48. The maximum absolute atomic E-state index is 12.5. The Kier molecular flexibility index (Phi) is 4.99. The van der Waals surface area contributed by atoms with Gasteiger partial charge in [-0.15, -0.1) is 0 Å². The zero-order valence-electron chi connectivity index (χ0n) is 13.7. The van der Waals surface area contributed by atoms with Gasteiger partial charge >= 0.3 is 6.18 Å². The summed E-state index contributed by atoms with van der Waals surface area (Å²) in [6.07, 6.45) is -2.29. The fraction of sp³-hybridized carbons (Fsp3) is 0.150. The molecule has 1 heterocycles. The third-order valence-electron chi connectivity index (χ3n) is 3.80. The number of benzene rings is 2. The van der Waals surface area contributed by atoms with Gasteiger partial charge in [-0.25, -0.2) is 0 Å². The molecule has 1 aromatic heterocycles. The molecule has 26 heavy (non-hydrogen) atoms. The van der Waals surface area contributed by atoms with Crippen LogP contribution in [-0.2, 0) is 17.4 Å². The number of fused-ring (bicyclic) bond motifs is 1. The molecule has 0 unspecified atom stereocenters. The number of aromatic amines is 1. The first-order chi connectivity index (χ1) is 12.4. The second-order valence-corrected chi connectivity index (χ2v) is 5.73. The number of hydrogen-bond donors (Lipinski definition) is 2. The standard InChI is InChI=1S/C20H15F3N2O/c21-20(22,23)17-7-4-14(5-8-17)2-1-10-25-19(26)13-15-3-6-16-9-11-24-18(16)12-15/h3-9,11-12,24H,10,13H2,(H,25,26). The molecule has 2 aromatic carbocycles. The van der Waals surface area contributed by atoms with Gasteiger partial charge in [-0.1, -0.05) is 24.0 Å². The van der Waals surface area contributed by atoms with Crippen LogP contribution in [0.1, 0.15) is 16.7 Å². The van der Waals surface area contributed by atoms with E-state index in [0.717, 1.165) is 28.6 Å². The zero-order chi connectivity index (χ0) is 18.6. The van der Waals surface area contributed by atoms with Crippen molar-refractivity contribution in [1.29, 1.82) is 0 Å². The molecule has 3 rings (SSSR count). The van der Waals surface area contributed by atoms with Crippen LogP contribution in [-0.4, -0.2) is 17.4 Å².